The number of likely N-dealkylation sites (tertiary alicyclic amines) is 1. The fraction of sp³-hybridized carbons (Fsp3) is 0.500. The monoisotopic (exact) mass is 589 g/mol. The molecule has 1 aromatic heterocycles. The van der Waals surface area contributed by atoms with Gasteiger partial charge < -0.3 is 25.3 Å². The summed E-state index contributed by atoms with van der Waals surface area (Å²) < 4.78 is 69.8. The van der Waals surface area contributed by atoms with Crippen LogP contribution in [0.2, 0.25) is 5.02 Å². The number of alkyl halides is 3. The van der Waals surface area contributed by atoms with Gasteiger partial charge in [0, 0.05) is 13.2 Å². The van der Waals surface area contributed by atoms with Crippen LogP contribution in [0.4, 0.5) is 30.6 Å². The fourth-order valence-electron chi connectivity index (χ4n) is 4.41. The first kappa shape index (κ1) is 29.2. The summed E-state index contributed by atoms with van der Waals surface area (Å²) in [6, 6.07) is 4.67. The molecule has 0 spiro atoms. The maximum Gasteiger partial charge on any atom is 0.573 e. The Labute approximate surface area is 230 Å². The van der Waals surface area contributed by atoms with Gasteiger partial charge in [-0.15, -0.1) is 13.2 Å². The molecule has 0 bridgehead atoms. The second kappa shape index (κ2) is 11.4. The maximum atomic E-state index is 13.3. The average Bonchev–Trinajstić information content (AvgIpc) is 3.22. The zero-order valence-electron chi connectivity index (χ0n) is 21.9. The van der Waals surface area contributed by atoms with Gasteiger partial charge in [-0.25, -0.2) is 18.8 Å². The van der Waals surface area contributed by atoms with Gasteiger partial charge in [-0.3, -0.25) is 0 Å². The van der Waals surface area contributed by atoms with Gasteiger partial charge in [-0.2, -0.15) is 4.98 Å². The summed E-state index contributed by atoms with van der Waals surface area (Å²) in [4.78, 5) is 10.5. The number of hydrogen-bond acceptors (Lipinski definition) is 10. The minimum absolute atomic E-state index is 0.0130. The third-order valence-corrected chi connectivity index (χ3v) is 9.20. The van der Waals surface area contributed by atoms with Crippen LogP contribution in [0, 0.1) is 0 Å². The van der Waals surface area contributed by atoms with Gasteiger partial charge in [0.05, 0.1) is 22.8 Å². The third-order valence-electron chi connectivity index (χ3n) is 6.60. The van der Waals surface area contributed by atoms with Crippen LogP contribution in [0.5, 0.6) is 5.75 Å². The van der Waals surface area contributed by atoms with Crippen molar-refractivity contribution in [1.29, 1.82) is 0 Å². The van der Waals surface area contributed by atoms with E-state index in [9.17, 15) is 21.6 Å². The van der Waals surface area contributed by atoms with Crippen LogP contribution in [0.1, 0.15) is 38.2 Å². The average molecular weight is 590 g/mol. The highest BCUT2D eigenvalue weighted by Gasteiger charge is 2.37. The number of piperidine rings is 1. The Bertz CT molecular complexity index is 1330. The number of aromatic nitrogens is 2. The van der Waals surface area contributed by atoms with E-state index in [1.807, 2.05) is 7.05 Å². The van der Waals surface area contributed by atoms with Gasteiger partial charge in [-0.1, -0.05) is 17.7 Å². The first-order chi connectivity index (χ1) is 18.2. The minimum atomic E-state index is -4.90. The van der Waals surface area contributed by atoms with E-state index in [-0.39, 0.29) is 34.1 Å². The van der Waals surface area contributed by atoms with Crippen LogP contribution in [0.25, 0.3) is 0 Å². The molecule has 1 fully saturated rings. The van der Waals surface area contributed by atoms with Gasteiger partial charge in [0.2, 0.25) is 5.95 Å². The number of hydrazine groups is 1. The van der Waals surface area contributed by atoms with E-state index in [1.54, 1.807) is 33.2 Å². The molecule has 1 aromatic carbocycles. The summed E-state index contributed by atoms with van der Waals surface area (Å²) in [6.07, 6.45) is -0.433. The molecule has 3 N–H and O–H groups in total. The van der Waals surface area contributed by atoms with E-state index >= 15 is 0 Å². The summed E-state index contributed by atoms with van der Waals surface area (Å²) in [5, 5.41) is 5.55. The highest BCUT2D eigenvalue weighted by Crippen LogP contribution is 2.37. The molecule has 2 aliphatic rings. The maximum absolute atomic E-state index is 13.3. The second-order valence-electron chi connectivity index (χ2n) is 9.86. The lowest BCUT2D eigenvalue weighted by Crippen LogP contribution is -2.43. The SMILES string of the molecule is CC(C)S(=O)(=O)C1NN(C)C=C1Nc1nc(Nc2ccc(C3CCN(C)CC3)cc2OC(F)(F)F)ncc1Cl. The minimum Gasteiger partial charge on any atom is -0.404 e. The normalized spacial score (nSPS) is 19.4. The summed E-state index contributed by atoms with van der Waals surface area (Å²) in [7, 11) is 0.0530. The van der Waals surface area contributed by atoms with E-state index in [1.165, 1.54) is 23.3 Å². The van der Waals surface area contributed by atoms with E-state index in [0.29, 0.717) is 0 Å². The Morgan fingerprint density at radius 2 is 1.87 bits per heavy atom. The molecule has 39 heavy (non-hydrogen) atoms. The molecule has 0 radical (unpaired) electrons. The predicted octanol–water partition coefficient (Wildman–Crippen LogP) is 4.43. The Morgan fingerprint density at radius 1 is 1.18 bits per heavy atom. The lowest BCUT2D eigenvalue weighted by atomic mass is 9.89. The van der Waals surface area contributed by atoms with Crippen LogP contribution >= 0.6 is 11.6 Å². The number of ether oxygens (including phenoxy) is 1. The smallest absolute Gasteiger partial charge is 0.404 e. The summed E-state index contributed by atoms with van der Waals surface area (Å²) in [6.45, 7) is 4.86. The largest absolute Gasteiger partial charge is 0.573 e. The van der Waals surface area contributed by atoms with Gasteiger partial charge in [0.25, 0.3) is 0 Å². The van der Waals surface area contributed by atoms with Gasteiger partial charge >= 0.3 is 6.36 Å². The van der Waals surface area contributed by atoms with Crippen molar-refractivity contribution < 1.29 is 26.3 Å². The van der Waals surface area contributed by atoms with E-state index in [2.05, 4.69) is 35.7 Å². The number of nitrogens with zero attached hydrogens (tertiary/aromatic N) is 4. The van der Waals surface area contributed by atoms with Crippen molar-refractivity contribution in [3.63, 3.8) is 0 Å². The number of nitrogens with one attached hydrogen (secondary N) is 3. The first-order valence-corrected chi connectivity index (χ1v) is 14.3. The topological polar surface area (TPSA) is 112 Å². The molecule has 15 heteroatoms. The molecule has 2 aliphatic heterocycles. The number of benzene rings is 1. The number of halogens is 4. The summed E-state index contributed by atoms with van der Waals surface area (Å²) >= 11 is 6.27. The lowest BCUT2D eigenvalue weighted by molar-refractivity contribution is -0.274. The number of rotatable bonds is 8. The molecule has 214 valence electrons. The molecule has 1 unspecified atom stereocenters. The van der Waals surface area contributed by atoms with Crippen LogP contribution in [0.3, 0.4) is 0 Å². The predicted molar refractivity (Wildman–Crippen MR) is 143 cm³/mol. The Kier molecular flexibility index (Phi) is 8.50. The second-order valence-corrected chi connectivity index (χ2v) is 12.9. The number of sulfone groups is 1. The van der Waals surface area contributed by atoms with Crippen LogP contribution in [0.15, 0.2) is 36.3 Å². The Hall–Kier alpha value is -2.81. The zero-order chi connectivity index (χ0) is 28.5. The number of anilines is 3. The fourth-order valence-corrected chi connectivity index (χ4v) is 5.88. The standard InChI is InChI=1S/C24H31ClF3N7O3S/c1-14(2)39(36,37)22-19(13-35(4)33-22)30-21-17(25)12-29-23(32-21)31-18-6-5-16(11-20(18)38-24(26,27)28)15-7-9-34(3)10-8-15/h5-6,11-15,22,33H,7-10H2,1-4H3,(H2,29,30,31,32). The van der Waals surface area contributed by atoms with Crippen LogP contribution < -0.4 is 20.8 Å². The molecule has 1 saturated heterocycles. The quantitative estimate of drug-likeness (QED) is 0.409. The summed E-state index contributed by atoms with van der Waals surface area (Å²) in [5.74, 6) is -0.277. The van der Waals surface area contributed by atoms with Gasteiger partial charge in [0.1, 0.15) is 5.02 Å². The molecular formula is C24H31ClF3N7O3S. The number of hydrogen-bond donors (Lipinski definition) is 3. The molecule has 1 atom stereocenters. The molecule has 0 saturated carbocycles. The van der Waals surface area contributed by atoms with Crippen LogP contribution in [-0.4, -0.2) is 72.5 Å². The van der Waals surface area contributed by atoms with Crippen molar-refractivity contribution in [2.45, 2.75) is 49.6 Å². The van der Waals surface area contributed by atoms with Crippen molar-refractivity contribution in [3.05, 3.63) is 46.9 Å². The van der Waals surface area contributed by atoms with Crippen molar-refractivity contribution in [2.75, 3.05) is 37.8 Å². The zero-order valence-corrected chi connectivity index (χ0v) is 23.5. The van der Waals surface area contributed by atoms with E-state index < -0.39 is 32.6 Å². The highest BCUT2D eigenvalue weighted by molar-refractivity contribution is 7.92. The van der Waals surface area contributed by atoms with Crippen molar-refractivity contribution >= 4 is 38.9 Å². The Balaban J connectivity index is 1.60. The van der Waals surface area contributed by atoms with E-state index in [4.69, 9.17) is 11.6 Å². The molecule has 0 amide bonds. The van der Waals surface area contributed by atoms with Crippen molar-refractivity contribution in [1.82, 2.24) is 25.3 Å². The van der Waals surface area contributed by atoms with Crippen LogP contribution in [-0.2, 0) is 9.84 Å². The van der Waals surface area contributed by atoms with Gasteiger partial charge in [0.15, 0.2) is 26.8 Å². The molecule has 3 heterocycles. The third kappa shape index (κ3) is 7.04. The molecule has 10 nitrogen and oxygen atoms in total. The molecule has 4 rings (SSSR count). The molecular weight excluding hydrogens is 559 g/mol. The Morgan fingerprint density at radius 3 is 2.51 bits per heavy atom. The summed E-state index contributed by atoms with van der Waals surface area (Å²) in [5.41, 5.74) is 3.90. The first-order valence-electron chi connectivity index (χ1n) is 12.3. The van der Waals surface area contributed by atoms with Gasteiger partial charge in [-0.05, 0) is 70.4 Å². The molecule has 2 aromatic rings. The van der Waals surface area contributed by atoms with Crippen molar-refractivity contribution in [2.24, 2.45) is 0 Å². The molecule has 0 aliphatic carbocycles. The lowest BCUT2D eigenvalue weighted by Gasteiger charge is -2.29. The van der Waals surface area contributed by atoms with E-state index in [0.717, 1.165) is 31.5 Å². The van der Waals surface area contributed by atoms with Crippen molar-refractivity contribution in [3.8, 4) is 5.75 Å². The highest BCUT2D eigenvalue weighted by atomic mass is 35.5.